The van der Waals surface area contributed by atoms with Gasteiger partial charge in [0.2, 0.25) is 11.8 Å². The van der Waals surface area contributed by atoms with Crippen LogP contribution in [0.2, 0.25) is 0 Å². The summed E-state index contributed by atoms with van der Waals surface area (Å²) in [5.74, 6) is 0.946. The normalized spacial score (nSPS) is 23.5. The molecule has 2 amide bonds. The predicted molar refractivity (Wildman–Crippen MR) is 74.5 cm³/mol. The molecule has 2 aliphatic rings. The van der Waals surface area contributed by atoms with Gasteiger partial charge in [-0.25, -0.2) is 0 Å². The Morgan fingerprint density at radius 1 is 1.26 bits per heavy atom. The number of likely N-dealkylation sites (tertiary alicyclic amines) is 1. The zero-order valence-corrected chi connectivity index (χ0v) is 12.2. The maximum atomic E-state index is 12.1. The molecule has 1 saturated carbocycles. The molecule has 19 heavy (non-hydrogen) atoms. The van der Waals surface area contributed by atoms with E-state index in [9.17, 15) is 9.59 Å². The van der Waals surface area contributed by atoms with Crippen molar-refractivity contribution in [3.63, 3.8) is 0 Å². The minimum absolute atomic E-state index is 0.0114. The lowest BCUT2D eigenvalue weighted by Crippen LogP contribution is -2.45. The van der Waals surface area contributed by atoms with Crippen molar-refractivity contribution < 1.29 is 9.59 Å². The zero-order valence-electron chi connectivity index (χ0n) is 12.2. The van der Waals surface area contributed by atoms with Gasteiger partial charge in [-0.3, -0.25) is 9.59 Å². The van der Waals surface area contributed by atoms with Crippen molar-refractivity contribution in [2.24, 2.45) is 11.8 Å². The quantitative estimate of drug-likeness (QED) is 0.826. The smallest absolute Gasteiger partial charge is 0.225 e. The molecule has 0 aromatic carbocycles. The number of hydrogen-bond donors (Lipinski definition) is 1. The Balaban J connectivity index is 1.78. The van der Waals surface area contributed by atoms with E-state index in [1.807, 2.05) is 4.90 Å². The summed E-state index contributed by atoms with van der Waals surface area (Å²) in [6.45, 7) is 5.71. The summed E-state index contributed by atoms with van der Waals surface area (Å²) in [4.78, 5) is 26.0. The number of carbonyl (C=O) groups excluding carboxylic acids is 2. The Kier molecular flexibility index (Phi) is 4.83. The van der Waals surface area contributed by atoms with Crippen molar-refractivity contribution in [3.05, 3.63) is 0 Å². The van der Waals surface area contributed by atoms with Crippen LogP contribution in [0.5, 0.6) is 0 Å². The second-order valence-corrected chi connectivity index (χ2v) is 6.39. The topological polar surface area (TPSA) is 49.4 Å². The molecular weight excluding hydrogens is 240 g/mol. The molecule has 0 aromatic rings. The summed E-state index contributed by atoms with van der Waals surface area (Å²) < 4.78 is 0. The molecule has 1 saturated heterocycles. The van der Waals surface area contributed by atoms with Gasteiger partial charge in [0.05, 0.1) is 5.92 Å². The first-order valence-electron chi connectivity index (χ1n) is 7.64. The molecule has 4 nitrogen and oxygen atoms in total. The van der Waals surface area contributed by atoms with Gasteiger partial charge >= 0.3 is 0 Å². The third kappa shape index (κ3) is 4.51. The molecule has 1 aliphatic heterocycles. The second kappa shape index (κ2) is 6.40. The number of rotatable bonds is 5. The largest absolute Gasteiger partial charge is 0.353 e. The Morgan fingerprint density at radius 2 is 2.00 bits per heavy atom. The van der Waals surface area contributed by atoms with Crippen LogP contribution in [-0.2, 0) is 9.59 Å². The maximum Gasteiger partial charge on any atom is 0.225 e. The number of piperidine rings is 1. The van der Waals surface area contributed by atoms with Crippen LogP contribution in [0.15, 0.2) is 0 Å². The van der Waals surface area contributed by atoms with E-state index in [0.717, 1.165) is 38.6 Å². The lowest BCUT2D eigenvalue weighted by Gasteiger charge is -2.32. The van der Waals surface area contributed by atoms with E-state index in [1.165, 1.54) is 0 Å². The molecule has 2 rings (SSSR count). The van der Waals surface area contributed by atoms with Crippen molar-refractivity contribution in [1.29, 1.82) is 0 Å². The molecule has 1 atom stereocenters. The van der Waals surface area contributed by atoms with Crippen LogP contribution < -0.4 is 5.32 Å². The number of amides is 2. The van der Waals surface area contributed by atoms with Gasteiger partial charge in [-0.2, -0.15) is 0 Å². The summed E-state index contributed by atoms with van der Waals surface area (Å²) in [6, 6.07) is 0.416. The standard InChI is InChI=1S/C15H26N2O2/c1-11(2)5-8-14(18)17-9-3-4-12(10-17)15(19)16-13-6-7-13/h11-13H,3-10H2,1-2H3,(H,16,19). The molecule has 4 heteroatoms. The molecule has 1 aliphatic carbocycles. The van der Waals surface area contributed by atoms with Crippen LogP contribution in [0.3, 0.4) is 0 Å². The maximum absolute atomic E-state index is 12.1. The third-order valence-corrected chi connectivity index (χ3v) is 4.00. The number of nitrogens with zero attached hydrogens (tertiary/aromatic N) is 1. The minimum Gasteiger partial charge on any atom is -0.353 e. The van der Waals surface area contributed by atoms with Crippen LogP contribution in [-0.4, -0.2) is 35.8 Å². The lowest BCUT2D eigenvalue weighted by molar-refractivity contribution is -0.136. The average Bonchev–Trinajstić information content (AvgIpc) is 3.20. The molecule has 1 N–H and O–H groups in total. The van der Waals surface area contributed by atoms with E-state index >= 15 is 0 Å². The number of nitrogens with one attached hydrogen (secondary N) is 1. The van der Waals surface area contributed by atoms with E-state index in [2.05, 4.69) is 19.2 Å². The highest BCUT2D eigenvalue weighted by molar-refractivity contribution is 5.81. The summed E-state index contributed by atoms with van der Waals surface area (Å²) in [5.41, 5.74) is 0. The highest BCUT2D eigenvalue weighted by Gasteiger charge is 2.31. The molecule has 108 valence electrons. The molecule has 0 radical (unpaired) electrons. The van der Waals surface area contributed by atoms with Gasteiger partial charge < -0.3 is 10.2 Å². The van der Waals surface area contributed by atoms with Gasteiger partial charge in [0, 0.05) is 25.6 Å². The van der Waals surface area contributed by atoms with Crippen molar-refractivity contribution >= 4 is 11.8 Å². The van der Waals surface area contributed by atoms with Gasteiger partial charge in [-0.15, -0.1) is 0 Å². The number of hydrogen-bond acceptors (Lipinski definition) is 2. The minimum atomic E-state index is 0.0114. The molecule has 1 heterocycles. The number of carbonyl (C=O) groups is 2. The van der Waals surface area contributed by atoms with Gasteiger partial charge in [-0.1, -0.05) is 13.8 Å². The van der Waals surface area contributed by atoms with E-state index in [1.54, 1.807) is 0 Å². The summed E-state index contributed by atoms with van der Waals surface area (Å²) >= 11 is 0. The van der Waals surface area contributed by atoms with Crippen LogP contribution in [0.1, 0.15) is 52.4 Å². The zero-order chi connectivity index (χ0) is 13.8. The van der Waals surface area contributed by atoms with E-state index in [0.29, 0.717) is 24.9 Å². The second-order valence-electron chi connectivity index (χ2n) is 6.39. The Labute approximate surface area is 115 Å². The van der Waals surface area contributed by atoms with Crippen LogP contribution in [0, 0.1) is 11.8 Å². The highest BCUT2D eigenvalue weighted by atomic mass is 16.2. The first-order valence-corrected chi connectivity index (χ1v) is 7.64. The fraction of sp³-hybridized carbons (Fsp3) is 0.867. The van der Waals surface area contributed by atoms with E-state index in [4.69, 9.17) is 0 Å². The SMILES string of the molecule is CC(C)CCC(=O)N1CCCC(C(=O)NC2CC2)C1. The van der Waals surface area contributed by atoms with Crippen molar-refractivity contribution in [3.8, 4) is 0 Å². The predicted octanol–water partition coefficient (Wildman–Crippen LogP) is 1.94. The summed E-state index contributed by atoms with van der Waals surface area (Å²) in [7, 11) is 0. The van der Waals surface area contributed by atoms with Crippen molar-refractivity contribution in [1.82, 2.24) is 10.2 Å². The van der Waals surface area contributed by atoms with E-state index in [-0.39, 0.29) is 17.7 Å². The van der Waals surface area contributed by atoms with Crippen molar-refractivity contribution in [2.75, 3.05) is 13.1 Å². The first-order chi connectivity index (χ1) is 9.06. The van der Waals surface area contributed by atoms with Gasteiger partial charge in [0.15, 0.2) is 0 Å². The summed E-state index contributed by atoms with van der Waals surface area (Å²) in [5, 5.41) is 3.06. The van der Waals surface area contributed by atoms with Gasteiger partial charge in [-0.05, 0) is 38.0 Å². The Hall–Kier alpha value is -1.06. The van der Waals surface area contributed by atoms with Gasteiger partial charge in [0.25, 0.3) is 0 Å². The molecular formula is C15H26N2O2. The molecule has 1 unspecified atom stereocenters. The highest BCUT2D eigenvalue weighted by Crippen LogP contribution is 2.22. The fourth-order valence-electron chi connectivity index (χ4n) is 2.53. The third-order valence-electron chi connectivity index (χ3n) is 4.00. The summed E-state index contributed by atoms with van der Waals surface area (Å²) in [6.07, 6.45) is 5.68. The van der Waals surface area contributed by atoms with E-state index < -0.39 is 0 Å². The lowest BCUT2D eigenvalue weighted by atomic mass is 9.96. The van der Waals surface area contributed by atoms with Crippen LogP contribution in [0.25, 0.3) is 0 Å². The molecule has 0 bridgehead atoms. The fourth-order valence-corrected chi connectivity index (χ4v) is 2.53. The average molecular weight is 266 g/mol. The van der Waals surface area contributed by atoms with Crippen LogP contribution >= 0.6 is 0 Å². The Bertz CT molecular complexity index is 337. The van der Waals surface area contributed by atoms with Crippen molar-refractivity contribution in [2.45, 2.75) is 58.4 Å². The first kappa shape index (κ1) is 14.4. The van der Waals surface area contributed by atoms with Crippen LogP contribution in [0.4, 0.5) is 0 Å². The monoisotopic (exact) mass is 266 g/mol. The molecule has 0 aromatic heterocycles. The Morgan fingerprint density at radius 3 is 2.63 bits per heavy atom. The van der Waals surface area contributed by atoms with Gasteiger partial charge in [0.1, 0.15) is 0 Å². The molecule has 2 fully saturated rings. The molecule has 0 spiro atoms.